The van der Waals surface area contributed by atoms with Gasteiger partial charge >= 0.3 is 5.91 Å². The fourth-order valence-electron chi connectivity index (χ4n) is 6.05. The summed E-state index contributed by atoms with van der Waals surface area (Å²) in [4.78, 5) is 0. The van der Waals surface area contributed by atoms with Gasteiger partial charge in [0, 0.05) is 42.8 Å². The summed E-state index contributed by atoms with van der Waals surface area (Å²) in [5.74, 6) is -0.343. The van der Waals surface area contributed by atoms with E-state index in [2.05, 4.69) is 85.3 Å². The van der Waals surface area contributed by atoms with E-state index in [4.69, 9.17) is 0 Å². The molecule has 4 nitrogen and oxygen atoms in total. The first kappa shape index (κ1) is 15.1. The first-order chi connectivity index (χ1) is 13.9. The van der Waals surface area contributed by atoms with Gasteiger partial charge in [0.1, 0.15) is 11.4 Å². The topological polar surface area (TPSA) is 15.9 Å². The lowest BCUT2D eigenvalue weighted by Gasteiger charge is -2.33. The van der Waals surface area contributed by atoms with Crippen LogP contribution in [0.1, 0.15) is 54.9 Å². The molecule has 1 aromatic carbocycles. The Morgan fingerprint density at radius 1 is 0.750 bits per heavy atom. The summed E-state index contributed by atoms with van der Waals surface area (Å²) in [5, 5.41) is 0. The van der Waals surface area contributed by atoms with Crippen molar-refractivity contribution in [2.24, 2.45) is 0 Å². The van der Waals surface area contributed by atoms with Gasteiger partial charge in [0.15, 0.2) is 12.3 Å². The molecule has 1 unspecified atom stereocenters. The van der Waals surface area contributed by atoms with E-state index in [1.807, 2.05) is 0 Å². The Hall–Kier alpha value is -2.88. The maximum absolute atomic E-state index is 2.69. The molecule has 0 radical (unpaired) electrons. The number of rotatable bonds is 2. The van der Waals surface area contributed by atoms with Gasteiger partial charge in [-0.1, -0.05) is 29.2 Å². The van der Waals surface area contributed by atoms with Gasteiger partial charge < -0.3 is 0 Å². The van der Waals surface area contributed by atoms with Crippen molar-refractivity contribution in [3.8, 4) is 0 Å². The van der Waals surface area contributed by atoms with E-state index in [1.165, 1.54) is 60.6 Å². The fourth-order valence-corrected chi connectivity index (χ4v) is 6.05. The molecule has 1 spiro atoms. The average Bonchev–Trinajstić information content (AvgIpc) is 3.49. The molecule has 0 bridgehead atoms. The van der Waals surface area contributed by atoms with E-state index in [0.717, 1.165) is 6.42 Å². The van der Waals surface area contributed by atoms with Crippen LogP contribution in [0.2, 0.25) is 0 Å². The van der Waals surface area contributed by atoms with Gasteiger partial charge in [0.25, 0.3) is 0 Å². The summed E-state index contributed by atoms with van der Waals surface area (Å²) >= 11 is 0. The van der Waals surface area contributed by atoms with E-state index >= 15 is 0 Å². The summed E-state index contributed by atoms with van der Waals surface area (Å²) < 4.78 is 10.4. The second kappa shape index (κ2) is 5.13. The molecule has 4 aliphatic rings. The Morgan fingerprint density at radius 2 is 1.43 bits per heavy atom. The van der Waals surface area contributed by atoms with E-state index < -0.39 is 0 Å². The second-order valence-electron chi connectivity index (χ2n) is 8.61. The molecular formula is C24H24N4+2. The molecule has 0 amide bonds. The molecule has 0 N–H and O–H groups in total. The number of hydrogen-bond donors (Lipinski definition) is 0. The highest BCUT2D eigenvalue weighted by atomic mass is 15.6. The number of nitrogens with zero attached hydrogens (tertiary/aromatic N) is 4. The highest BCUT2D eigenvalue weighted by Gasteiger charge is 2.69. The van der Waals surface area contributed by atoms with Gasteiger partial charge in [-0.15, -0.1) is 4.58 Å². The summed E-state index contributed by atoms with van der Waals surface area (Å²) in [6, 6.07) is 20.7. The molecule has 1 fully saturated rings. The normalized spacial score (nSPS) is 24.7. The largest absolute Gasteiger partial charge is 0.547 e. The summed E-state index contributed by atoms with van der Waals surface area (Å²) in [5.41, 5.74) is 6.72. The van der Waals surface area contributed by atoms with Gasteiger partial charge in [-0.25, -0.2) is 0 Å². The van der Waals surface area contributed by atoms with Crippen molar-refractivity contribution in [1.82, 2.24) is 9.13 Å². The minimum absolute atomic E-state index is 0.343. The van der Waals surface area contributed by atoms with Crippen molar-refractivity contribution >= 4 is 18.1 Å². The summed E-state index contributed by atoms with van der Waals surface area (Å²) in [7, 11) is 0. The Kier molecular flexibility index (Phi) is 2.77. The second-order valence-corrected chi connectivity index (χ2v) is 8.61. The van der Waals surface area contributed by atoms with Crippen LogP contribution in [0.3, 0.4) is 0 Å². The minimum Gasteiger partial charge on any atom is -0.198 e. The van der Waals surface area contributed by atoms with Gasteiger partial charge in [-0.3, -0.25) is 0 Å². The number of benzene rings is 1. The van der Waals surface area contributed by atoms with E-state index in [0.29, 0.717) is 6.04 Å². The van der Waals surface area contributed by atoms with E-state index in [9.17, 15) is 0 Å². The first-order valence-electron chi connectivity index (χ1n) is 10.6. The molecule has 5 heterocycles. The van der Waals surface area contributed by atoms with Crippen LogP contribution in [0.4, 0.5) is 5.69 Å². The molecule has 1 saturated carbocycles. The Morgan fingerprint density at radius 3 is 2.14 bits per heavy atom. The van der Waals surface area contributed by atoms with Crippen LogP contribution in [0.5, 0.6) is 0 Å². The molecular weight excluding hydrogens is 344 g/mol. The SMILES string of the molecule is C1=[N+](c2ccccc2)C23n4c1ccc4Cc1ccc(n12)C=[N+]3C1CCCCC1. The van der Waals surface area contributed by atoms with Gasteiger partial charge in [-0.05, 0) is 37.1 Å². The maximum Gasteiger partial charge on any atom is 0.547 e. The first-order valence-corrected chi connectivity index (χ1v) is 10.6. The average molecular weight is 368 g/mol. The van der Waals surface area contributed by atoms with Crippen LogP contribution in [0.15, 0.2) is 54.6 Å². The van der Waals surface area contributed by atoms with Crippen LogP contribution in [-0.4, -0.2) is 36.8 Å². The molecule has 1 atom stereocenters. The zero-order chi connectivity index (χ0) is 18.3. The Balaban J connectivity index is 1.56. The standard InChI is InChI=1S/C24H24N4/c1-3-7-18(8-4-1)25-16-22-13-11-20-15-21-12-14-23-17-26(19-9-5-2-6-10-19)24(25,27(20)22)28(21)23/h1,3-4,7-8,11-14,16-17,19H,2,5-6,9-10,15H2/q+2. The molecule has 138 valence electrons. The molecule has 4 heteroatoms. The van der Waals surface area contributed by atoms with Crippen molar-refractivity contribution in [3.63, 3.8) is 0 Å². The lowest BCUT2D eigenvalue weighted by atomic mass is 9.94. The quantitative estimate of drug-likeness (QED) is 0.611. The molecule has 2 aromatic heterocycles. The van der Waals surface area contributed by atoms with Crippen molar-refractivity contribution in [2.45, 2.75) is 50.5 Å². The van der Waals surface area contributed by atoms with E-state index in [1.54, 1.807) is 0 Å². The van der Waals surface area contributed by atoms with Crippen LogP contribution in [0.25, 0.3) is 0 Å². The third-order valence-electron chi connectivity index (χ3n) is 7.15. The van der Waals surface area contributed by atoms with Crippen molar-refractivity contribution in [2.75, 3.05) is 0 Å². The maximum atomic E-state index is 2.69. The third-order valence-corrected chi connectivity index (χ3v) is 7.15. The zero-order valence-corrected chi connectivity index (χ0v) is 16.0. The smallest absolute Gasteiger partial charge is 0.198 e. The van der Waals surface area contributed by atoms with Crippen molar-refractivity contribution < 1.29 is 9.15 Å². The molecule has 28 heavy (non-hydrogen) atoms. The summed E-state index contributed by atoms with van der Waals surface area (Å²) in [6.45, 7) is 0. The van der Waals surface area contributed by atoms with Gasteiger partial charge in [0.05, 0.1) is 0 Å². The Labute approximate surface area is 164 Å². The Bertz CT molecular complexity index is 1160. The molecule has 3 aliphatic heterocycles. The highest BCUT2D eigenvalue weighted by molar-refractivity contribution is 5.80. The number of aromatic nitrogens is 2. The third kappa shape index (κ3) is 1.64. The lowest BCUT2D eigenvalue weighted by molar-refractivity contribution is -0.846. The predicted octanol–water partition coefficient (Wildman–Crippen LogP) is 3.86. The predicted molar refractivity (Wildman–Crippen MR) is 109 cm³/mol. The highest BCUT2D eigenvalue weighted by Crippen LogP contribution is 2.45. The monoisotopic (exact) mass is 368 g/mol. The lowest BCUT2D eigenvalue weighted by Crippen LogP contribution is -2.58. The zero-order valence-electron chi connectivity index (χ0n) is 16.0. The fraction of sp³-hybridized carbons (Fsp3) is 0.333. The van der Waals surface area contributed by atoms with Crippen LogP contribution in [-0.2, 0) is 12.3 Å². The van der Waals surface area contributed by atoms with E-state index in [-0.39, 0.29) is 5.91 Å². The minimum atomic E-state index is -0.343. The van der Waals surface area contributed by atoms with Crippen LogP contribution in [0, 0.1) is 0 Å². The summed E-state index contributed by atoms with van der Waals surface area (Å²) in [6.07, 6.45) is 12.4. The number of para-hydroxylation sites is 1. The van der Waals surface area contributed by atoms with Crippen LogP contribution < -0.4 is 0 Å². The van der Waals surface area contributed by atoms with Gasteiger partial charge in [-0.2, -0.15) is 9.13 Å². The molecule has 3 aromatic rings. The van der Waals surface area contributed by atoms with Crippen molar-refractivity contribution in [1.29, 1.82) is 0 Å². The molecule has 1 aliphatic carbocycles. The van der Waals surface area contributed by atoms with Crippen molar-refractivity contribution in [3.05, 3.63) is 77.4 Å². The number of hydrogen-bond acceptors (Lipinski definition) is 0. The molecule has 7 rings (SSSR count). The van der Waals surface area contributed by atoms with Gasteiger partial charge in [0.2, 0.25) is 11.9 Å². The van der Waals surface area contributed by atoms with Crippen LogP contribution >= 0.6 is 0 Å². The molecule has 0 saturated heterocycles.